The summed E-state index contributed by atoms with van der Waals surface area (Å²) in [5, 5.41) is 0. The maximum atomic E-state index is 12.7. The molecule has 1 saturated carbocycles. The van der Waals surface area contributed by atoms with Gasteiger partial charge in [0.1, 0.15) is 17.3 Å². The Kier molecular flexibility index (Phi) is 4.84. The van der Waals surface area contributed by atoms with Gasteiger partial charge in [-0.25, -0.2) is 9.97 Å². The number of carbonyl (C=O) groups is 1. The topological polar surface area (TPSA) is 75.3 Å². The molecule has 140 valence electrons. The van der Waals surface area contributed by atoms with Crippen LogP contribution in [0.3, 0.4) is 0 Å². The molecule has 6 heteroatoms. The highest BCUT2D eigenvalue weighted by Gasteiger charge is 2.26. The van der Waals surface area contributed by atoms with Gasteiger partial charge < -0.3 is 15.5 Å². The van der Waals surface area contributed by atoms with Crippen molar-refractivity contribution in [2.24, 2.45) is 5.92 Å². The van der Waals surface area contributed by atoms with Crippen molar-refractivity contribution in [3.05, 3.63) is 47.8 Å². The first-order valence-electron chi connectivity index (χ1n) is 9.40. The van der Waals surface area contributed by atoms with E-state index in [1.807, 2.05) is 12.1 Å². The van der Waals surface area contributed by atoms with Gasteiger partial charge in [0.25, 0.3) is 0 Å². The molecule has 0 spiro atoms. The number of ketones is 1. The molecule has 4 rings (SSSR count). The summed E-state index contributed by atoms with van der Waals surface area (Å²) in [5.41, 5.74) is 6.67. The molecule has 0 atom stereocenters. The molecule has 0 aromatic carbocycles. The standard InChI is InChI=1S/C20H25N5O.2H2/c21-20-16(4-2-9-22-20)19(26)17-5-1-6-18(23-17)25-11-3-10-24(12-13-25)14-15-7-8-15;;/h1-2,4-6,9,15H,3,7-8,10-14H2,(H2,21,22);2*1H. The SMILES string of the molecule is Nc1ncccc1C(=O)c1cccc(N2CCCN(CC3CC3)CC2)n1.[HH].[HH]. The number of pyridine rings is 2. The minimum Gasteiger partial charge on any atom is -0.383 e. The summed E-state index contributed by atoms with van der Waals surface area (Å²) < 4.78 is 0. The molecule has 0 amide bonds. The van der Waals surface area contributed by atoms with Crippen molar-refractivity contribution in [1.82, 2.24) is 14.9 Å². The van der Waals surface area contributed by atoms with Crippen LogP contribution in [0.25, 0.3) is 0 Å². The van der Waals surface area contributed by atoms with E-state index >= 15 is 0 Å². The quantitative estimate of drug-likeness (QED) is 0.831. The smallest absolute Gasteiger partial charge is 0.215 e. The van der Waals surface area contributed by atoms with E-state index in [1.165, 1.54) is 19.4 Å². The number of nitrogen functional groups attached to an aromatic ring is 1. The van der Waals surface area contributed by atoms with Crippen LogP contribution < -0.4 is 10.6 Å². The van der Waals surface area contributed by atoms with Gasteiger partial charge >= 0.3 is 0 Å². The first kappa shape index (κ1) is 17.0. The second kappa shape index (κ2) is 7.41. The molecule has 2 aromatic rings. The number of rotatable bonds is 5. The molecule has 1 aliphatic heterocycles. The zero-order valence-electron chi connectivity index (χ0n) is 15.0. The highest BCUT2D eigenvalue weighted by molar-refractivity contribution is 6.10. The molecular formula is C20H29N5O. The molecule has 2 aliphatic rings. The highest BCUT2D eigenvalue weighted by atomic mass is 16.1. The van der Waals surface area contributed by atoms with E-state index in [0.717, 1.165) is 44.3 Å². The summed E-state index contributed by atoms with van der Waals surface area (Å²) in [4.78, 5) is 26.2. The third-order valence-corrected chi connectivity index (χ3v) is 5.18. The number of hydrogen-bond acceptors (Lipinski definition) is 6. The van der Waals surface area contributed by atoms with E-state index in [9.17, 15) is 4.79 Å². The van der Waals surface area contributed by atoms with Crippen LogP contribution >= 0.6 is 0 Å². The number of aromatic nitrogens is 2. The van der Waals surface area contributed by atoms with Gasteiger partial charge in [0, 0.05) is 35.2 Å². The van der Waals surface area contributed by atoms with E-state index in [4.69, 9.17) is 5.73 Å². The second-order valence-corrected chi connectivity index (χ2v) is 7.23. The van der Waals surface area contributed by atoms with E-state index in [2.05, 4.69) is 19.8 Å². The Morgan fingerprint density at radius 3 is 2.85 bits per heavy atom. The van der Waals surface area contributed by atoms with Crippen molar-refractivity contribution in [3.8, 4) is 0 Å². The van der Waals surface area contributed by atoms with Gasteiger partial charge in [-0.3, -0.25) is 4.79 Å². The summed E-state index contributed by atoms with van der Waals surface area (Å²) in [5.74, 6) is 1.86. The monoisotopic (exact) mass is 355 g/mol. The Hall–Kier alpha value is -2.47. The third-order valence-electron chi connectivity index (χ3n) is 5.18. The summed E-state index contributed by atoms with van der Waals surface area (Å²) >= 11 is 0. The van der Waals surface area contributed by atoms with Crippen LogP contribution in [0.5, 0.6) is 0 Å². The van der Waals surface area contributed by atoms with Crippen LogP contribution in [0.15, 0.2) is 36.5 Å². The number of carbonyl (C=O) groups excluding carboxylic acids is 1. The molecule has 2 N–H and O–H groups in total. The third kappa shape index (κ3) is 3.85. The molecule has 26 heavy (non-hydrogen) atoms. The molecule has 2 fully saturated rings. The lowest BCUT2D eigenvalue weighted by Gasteiger charge is -2.23. The first-order chi connectivity index (χ1) is 12.7. The predicted molar refractivity (Wildman–Crippen MR) is 107 cm³/mol. The zero-order valence-corrected chi connectivity index (χ0v) is 15.0. The molecule has 0 radical (unpaired) electrons. The normalized spacial score (nSPS) is 18.5. The lowest BCUT2D eigenvalue weighted by atomic mass is 10.1. The van der Waals surface area contributed by atoms with Crippen molar-refractivity contribution < 1.29 is 7.65 Å². The lowest BCUT2D eigenvalue weighted by molar-refractivity contribution is 0.103. The zero-order chi connectivity index (χ0) is 17.9. The van der Waals surface area contributed by atoms with Gasteiger partial charge in [0.2, 0.25) is 5.78 Å². The van der Waals surface area contributed by atoms with Crippen LogP contribution in [0.1, 0.15) is 38.2 Å². The van der Waals surface area contributed by atoms with Crippen LogP contribution in [-0.4, -0.2) is 53.4 Å². The van der Waals surface area contributed by atoms with Crippen LogP contribution in [0, 0.1) is 5.92 Å². The molecule has 0 bridgehead atoms. The minimum absolute atomic E-state index is 0. The summed E-state index contributed by atoms with van der Waals surface area (Å²) in [6.07, 6.45) is 5.50. The van der Waals surface area contributed by atoms with Crippen LogP contribution in [0.2, 0.25) is 0 Å². The molecular weight excluding hydrogens is 326 g/mol. The van der Waals surface area contributed by atoms with Crippen molar-refractivity contribution in [2.45, 2.75) is 19.3 Å². The summed E-state index contributed by atoms with van der Waals surface area (Å²) in [6.45, 7) is 5.37. The highest BCUT2D eigenvalue weighted by Crippen LogP contribution is 2.30. The predicted octanol–water partition coefficient (Wildman–Crippen LogP) is 2.70. The van der Waals surface area contributed by atoms with Crippen molar-refractivity contribution in [2.75, 3.05) is 43.4 Å². The van der Waals surface area contributed by atoms with E-state index in [0.29, 0.717) is 11.3 Å². The molecule has 2 aromatic heterocycles. The maximum absolute atomic E-state index is 12.7. The molecule has 0 unspecified atom stereocenters. The van der Waals surface area contributed by atoms with Gasteiger partial charge in [-0.1, -0.05) is 6.07 Å². The Bertz CT molecular complexity index is 800. The summed E-state index contributed by atoms with van der Waals surface area (Å²) in [7, 11) is 0. The van der Waals surface area contributed by atoms with Gasteiger partial charge in [-0.15, -0.1) is 0 Å². The fraction of sp³-hybridized carbons (Fsp3) is 0.450. The Balaban J connectivity index is 0.00000140. The van der Waals surface area contributed by atoms with Crippen molar-refractivity contribution >= 4 is 17.4 Å². The average molecular weight is 355 g/mol. The van der Waals surface area contributed by atoms with Crippen molar-refractivity contribution in [1.29, 1.82) is 0 Å². The van der Waals surface area contributed by atoms with Gasteiger partial charge in [-0.05, 0) is 56.0 Å². The van der Waals surface area contributed by atoms with Gasteiger partial charge in [0.15, 0.2) is 0 Å². The Labute approximate surface area is 157 Å². The first-order valence-corrected chi connectivity index (χ1v) is 9.40. The molecule has 1 aliphatic carbocycles. The van der Waals surface area contributed by atoms with E-state index in [1.54, 1.807) is 24.4 Å². The molecule has 3 heterocycles. The summed E-state index contributed by atoms with van der Waals surface area (Å²) in [6, 6.07) is 9.04. The fourth-order valence-corrected chi connectivity index (χ4v) is 3.52. The maximum Gasteiger partial charge on any atom is 0.215 e. The van der Waals surface area contributed by atoms with E-state index < -0.39 is 0 Å². The Morgan fingerprint density at radius 2 is 2.04 bits per heavy atom. The number of anilines is 2. The van der Waals surface area contributed by atoms with Crippen LogP contribution in [-0.2, 0) is 0 Å². The second-order valence-electron chi connectivity index (χ2n) is 7.23. The number of hydrogen-bond donors (Lipinski definition) is 1. The molecule has 6 nitrogen and oxygen atoms in total. The van der Waals surface area contributed by atoms with Gasteiger partial charge in [0.05, 0.1) is 5.56 Å². The van der Waals surface area contributed by atoms with Crippen LogP contribution in [0.4, 0.5) is 11.6 Å². The lowest BCUT2D eigenvalue weighted by Crippen LogP contribution is -2.32. The number of nitrogens with two attached hydrogens (primary N) is 1. The minimum atomic E-state index is -0.178. The Morgan fingerprint density at radius 1 is 1.15 bits per heavy atom. The fourth-order valence-electron chi connectivity index (χ4n) is 3.52. The van der Waals surface area contributed by atoms with Crippen molar-refractivity contribution in [3.63, 3.8) is 0 Å². The largest absolute Gasteiger partial charge is 0.383 e. The number of nitrogens with zero attached hydrogens (tertiary/aromatic N) is 4. The van der Waals surface area contributed by atoms with E-state index in [-0.39, 0.29) is 14.5 Å². The van der Waals surface area contributed by atoms with Gasteiger partial charge in [-0.2, -0.15) is 0 Å². The molecule has 1 saturated heterocycles. The average Bonchev–Trinajstić information content (AvgIpc) is 3.50.